The Morgan fingerprint density at radius 2 is 1.62 bits per heavy atom. The molecule has 0 aliphatic heterocycles. The molecule has 0 fully saturated rings. The van der Waals surface area contributed by atoms with Gasteiger partial charge in [-0.15, -0.1) is 0 Å². The molecule has 0 atom stereocenters. The van der Waals surface area contributed by atoms with Crippen molar-refractivity contribution in [3.8, 4) is 5.75 Å². The van der Waals surface area contributed by atoms with Crippen molar-refractivity contribution >= 4 is 43.7 Å². The van der Waals surface area contributed by atoms with E-state index in [1.807, 2.05) is 24.3 Å². The topological polar surface area (TPSA) is 26.3 Å². The number of esters is 1. The number of benzene rings is 1. The average Bonchev–Trinajstić information content (AvgIpc) is 2.38. The van der Waals surface area contributed by atoms with E-state index in [9.17, 15) is 4.79 Å². The first-order valence-electron chi connectivity index (χ1n) is 7.74. The van der Waals surface area contributed by atoms with Crippen molar-refractivity contribution in [3.05, 3.63) is 29.8 Å². The molecule has 0 aromatic heterocycles. The minimum Gasteiger partial charge on any atom is -1.00 e. The zero-order valence-electron chi connectivity index (χ0n) is 16.1. The molecule has 0 spiro atoms. The number of carbonyl (C=O) groups is 1. The third kappa shape index (κ3) is 8.85. The van der Waals surface area contributed by atoms with Gasteiger partial charge in [0.2, 0.25) is 0 Å². The van der Waals surface area contributed by atoms with E-state index in [-0.39, 0.29) is 52.0 Å². The predicted molar refractivity (Wildman–Crippen MR) is 92.1 cm³/mol. The smallest absolute Gasteiger partial charge is 1.00 e. The summed E-state index contributed by atoms with van der Waals surface area (Å²) in [6.07, 6.45) is 6.26. The molecule has 0 saturated carbocycles. The molecule has 0 bridgehead atoms. The molecular formula is C18H30CaO2. The van der Waals surface area contributed by atoms with Gasteiger partial charge in [0.15, 0.2) is 0 Å². The number of carbonyl (C=O) groups excluding carboxylic acids is 1. The second-order valence-corrected chi connectivity index (χ2v) is 6.41. The fraction of sp³-hybridized carbons (Fsp3) is 0.611. The summed E-state index contributed by atoms with van der Waals surface area (Å²) < 4.78 is 5.35. The van der Waals surface area contributed by atoms with E-state index in [0.29, 0.717) is 12.2 Å². The Kier molecular flexibility index (Phi) is 10.6. The van der Waals surface area contributed by atoms with Gasteiger partial charge in [0.25, 0.3) is 0 Å². The molecule has 3 heteroatoms. The Morgan fingerprint density at radius 1 is 1.05 bits per heavy atom. The molecule has 0 N–H and O–H groups in total. The largest absolute Gasteiger partial charge is 2.00 e. The van der Waals surface area contributed by atoms with E-state index in [1.165, 1.54) is 24.8 Å². The van der Waals surface area contributed by atoms with Gasteiger partial charge in [-0.3, -0.25) is 4.79 Å². The standard InChI is InChI=1S/C18H28O2.Ca.2H/c1-5-6-7-8-9-10-17(19)20-16-13-11-15(12-14-16)18(2,3)4;;;/h11-14H,5-10H2,1-4H3;;;/q;+2;2*-1. The minimum absolute atomic E-state index is 0. The molecule has 0 saturated heterocycles. The Labute approximate surface area is 162 Å². The molecule has 0 heterocycles. The van der Waals surface area contributed by atoms with Crippen molar-refractivity contribution in [1.82, 2.24) is 0 Å². The van der Waals surface area contributed by atoms with Crippen molar-refractivity contribution in [2.75, 3.05) is 0 Å². The van der Waals surface area contributed by atoms with Crippen LogP contribution in [0.3, 0.4) is 0 Å². The third-order valence-corrected chi connectivity index (χ3v) is 3.44. The van der Waals surface area contributed by atoms with Crippen LogP contribution in [0.2, 0.25) is 0 Å². The van der Waals surface area contributed by atoms with E-state index in [4.69, 9.17) is 4.74 Å². The van der Waals surface area contributed by atoms with Gasteiger partial charge in [-0.25, -0.2) is 0 Å². The molecular weight excluding hydrogens is 288 g/mol. The monoisotopic (exact) mass is 318 g/mol. The Bertz CT molecular complexity index is 414. The Balaban J connectivity index is -0.00000133. The molecule has 0 aliphatic carbocycles. The summed E-state index contributed by atoms with van der Waals surface area (Å²) in [7, 11) is 0. The maximum Gasteiger partial charge on any atom is 2.00 e. The maximum absolute atomic E-state index is 11.7. The number of rotatable bonds is 7. The van der Waals surface area contributed by atoms with Gasteiger partial charge >= 0.3 is 43.7 Å². The summed E-state index contributed by atoms with van der Waals surface area (Å²) in [5.41, 5.74) is 1.37. The summed E-state index contributed by atoms with van der Waals surface area (Å²) in [6.45, 7) is 8.70. The third-order valence-electron chi connectivity index (χ3n) is 3.44. The van der Waals surface area contributed by atoms with Crippen molar-refractivity contribution in [3.63, 3.8) is 0 Å². The number of hydrogen-bond donors (Lipinski definition) is 0. The van der Waals surface area contributed by atoms with E-state index in [2.05, 4.69) is 27.7 Å². The van der Waals surface area contributed by atoms with Crippen molar-refractivity contribution in [2.24, 2.45) is 0 Å². The van der Waals surface area contributed by atoms with E-state index >= 15 is 0 Å². The minimum atomic E-state index is -0.120. The SMILES string of the molecule is CCCCCCCC(=O)Oc1ccc(C(C)(C)C)cc1.[Ca+2].[H-].[H-]. The molecule has 0 unspecified atom stereocenters. The van der Waals surface area contributed by atoms with Gasteiger partial charge in [0, 0.05) is 6.42 Å². The van der Waals surface area contributed by atoms with Crippen LogP contribution in [0.15, 0.2) is 24.3 Å². The molecule has 0 amide bonds. The van der Waals surface area contributed by atoms with Crippen molar-refractivity contribution in [1.29, 1.82) is 0 Å². The summed E-state index contributed by atoms with van der Waals surface area (Å²) in [5.74, 6) is 0.529. The van der Waals surface area contributed by atoms with Crippen LogP contribution in [0, 0.1) is 0 Å². The first-order valence-corrected chi connectivity index (χ1v) is 7.74. The molecule has 2 nitrogen and oxygen atoms in total. The van der Waals surface area contributed by atoms with Crippen molar-refractivity contribution < 1.29 is 12.4 Å². The van der Waals surface area contributed by atoms with E-state index in [1.54, 1.807) is 0 Å². The van der Waals surface area contributed by atoms with Crippen LogP contribution in [-0.2, 0) is 10.2 Å². The summed E-state index contributed by atoms with van der Waals surface area (Å²) in [4.78, 5) is 11.7. The molecule has 116 valence electrons. The number of unbranched alkanes of at least 4 members (excludes halogenated alkanes) is 4. The molecule has 21 heavy (non-hydrogen) atoms. The van der Waals surface area contributed by atoms with Gasteiger partial charge in [-0.05, 0) is 29.5 Å². The quantitative estimate of drug-likeness (QED) is 0.303. The zero-order chi connectivity index (χ0) is 15.0. The van der Waals surface area contributed by atoms with Crippen LogP contribution >= 0.6 is 0 Å². The maximum atomic E-state index is 11.7. The van der Waals surface area contributed by atoms with Crippen LogP contribution in [0.25, 0.3) is 0 Å². The van der Waals surface area contributed by atoms with Gasteiger partial charge in [0.05, 0.1) is 0 Å². The molecule has 1 rings (SSSR count). The number of hydrogen-bond acceptors (Lipinski definition) is 2. The van der Waals surface area contributed by atoms with Gasteiger partial charge in [-0.1, -0.05) is 65.5 Å². The summed E-state index contributed by atoms with van der Waals surface area (Å²) >= 11 is 0. The van der Waals surface area contributed by atoms with E-state index in [0.717, 1.165) is 12.8 Å². The molecule has 1 aromatic carbocycles. The second kappa shape index (κ2) is 10.6. The Hall–Kier alpha value is -0.0503. The first kappa shape index (κ1) is 20.9. The Morgan fingerprint density at radius 3 is 2.14 bits per heavy atom. The number of ether oxygens (including phenoxy) is 1. The van der Waals surface area contributed by atoms with Crippen LogP contribution in [-0.4, -0.2) is 43.7 Å². The van der Waals surface area contributed by atoms with Crippen LogP contribution < -0.4 is 4.74 Å². The molecule has 0 aliphatic rings. The van der Waals surface area contributed by atoms with Crippen molar-refractivity contribution in [2.45, 2.75) is 71.6 Å². The predicted octanol–water partition coefficient (Wildman–Crippen LogP) is 5.09. The van der Waals surface area contributed by atoms with Crippen LogP contribution in [0.4, 0.5) is 0 Å². The molecule has 1 aromatic rings. The first-order chi connectivity index (χ1) is 9.43. The average molecular weight is 319 g/mol. The second-order valence-electron chi connectivity index (χ2n) is 6.41. The fourth-order valence-corrected chi connectivity index (χ4v) is 2.08. The van der Waals surface area contributed by atoms with Gasteiger partial charge in [-0.2, -0.15) is 0 Å². The molecule has 0 radical (unpaired) electrons. The summed E-state index contributed by atoms with van der Waals surface area (Å²) in [6, 6.07) is 7.83. The normalized spacial score (nSPS) is 10.9. The van der Waals surface area contributed by atoms with Gasteiger partial charge in [0.1, 0.15) is 5.75 Å². The van der Waals surface area contributed by atoms with Crippen LogP contribution in [0.1, 0.15) is 74.6 Å². The summed E-state index contributed by atoms with van der Waals surface area (Å²) in [5, 5.41) is 0. The zero-order valence-corrected chi connectivity index (χ0v) is 16.3. The van der Waals surface area contributed by atoms with Crippen LogP contribution in [0.5, 0.6) is 5.75 Å². The van der Waals surface area contributed by atoms with E-state index < -0.39 is 0 Å². The fourth-order valence-electron chi connectivity index (χ4n) is 2.08. The van der Waals surface area contributed by atoms with Gasteiger partial charge < -0.3 is 7.59 Å².